The lowest BCUT2D eigenvalue weighted by molar-refractivity contribution is 0.271. The van der Waals surface area contributed by atoms with Gasteiger partial charge in [-0.15, -0.1) is 0 Å². The molecule has 0 aliphatic heterocycles. The van der Waals surface area contributed by atoms with Gasteiger partial charge in [0.25, 0.3) is 0 Å². The Balaban J connectivity index is 2.10. The van der Waals surface area contributed by atoms with E-state index in [0.29, 0.717) is 12.0 Å². The minimum Gasteiger partial charge on any atom is -0.0900 e. The van der Waals surface area contributed by atoms with Crippen LogP contribution in [-0.2, 0) is 0 Å². The van der Waals surface area contributed by atoms with Gasteiger partial charge >= 0.3 is 0 Å². The quantitative estimate of drug-likeness (QED) is 0.361. The SMILES string of the molecule is CCCC1C2CCC(C2)C1N=[N+]=[N-]. The maximum Gasteiger partial charge on any atom is 0.0433 e. The standard InChI is InChI=1S/C10H17N3/c1-2-3-9-7-4-5-8(6-7)10(9)12-13-11/h7-10H,2-6H2,1H3. The van der Waals surface area contributed by atoms with Gasteiger partial charge in [0.05, 0.1) is 0 Å². The summed E-state index contributed by atoms with van der Waals surface area (Å²) in [4.78, 5) is 2.99. The van der Waals surface area contributed by atoms with Crippen LogP contribution in [0.2, 0.25) is 0 Å². The Morgan fingerprint density at radius 1 is 1.38 bits per heavy atom. The monoisotopic (exact) mass is 179 g/mol. The summed E-state index contributed by atoms with van der Waals surface area (Å²) in [6.07, 6.45) is 6.49. The fourth-order valence-corrected chi connectivity index (χ4v) is 3.36. The van der Waals surface area contributed by atoms with Crippen LogP contribution < -0.4 is 0 Å². The highest BCUT2D eigenvalue weighted by molar-refractivity contribution is 5.00. The number of hydrogen-bond donors (Lipinski definition) is 0. The van der Waals surface area contributed by atoms with Gasteiger partial charge in [0.1, 0.15) is 0 Å². The van der Waals surface area contributed by atoms with Crippen LogP contribution in [0.3, 0.4) is 0 Å². The van der Waals surface area contributed by atoms with Crippen LogP contribution in [-0.4, -0.2) is 6.04 Å². The first-order chi connectivity index (χ1) is 6.36. The Labute approximate surface area is 79.1 Å². The molecule has 2 rings (SSSR count). The molecule has 72 valence electrons. The molecule has 3 heteroatoms. The summed E-state index contributed by atoms with van der Waals surface area (Å²) in [7, 11) is 0. The molecule has 2 aliphatic carbocycles. The molecule has 2 bridgehead atoms. The first-order valence-corrected chi connectivity index (χ1v) is 5.41. The van der Waals surface area contributed by atoms with Crippen molar-refractivity contribution in [2.24, 2.45) is 22.9 Å². The summed E-state index contributed by atoms with van der Waals surface area (Å²) in [5.74, 6) is 2.30. The van der Waals surface area contributed by atoms with E-state index in [1.807, 2.05) is 0 Å². The van der Waals surface area contributed by atoms with Crippen LogP contribution in [0, 0.1) is 17.8 Å². The normalized spacial score (nSPS) is 41.9. The van der Waals surface area contributed by atoms with Gasteiger partial charge in [0.15, 0.2) is 0 Å². The molecule has 4 atom stereocenters. The van der Waals surface area contributed by atoms with Crippen molar-refractivity contribution >= 4 is 0 Å². The second kappa shape index (κ2) is 3.59. The van der Waals surface area contributed by atoms with Crippen LogP contribution in [0.4, 0.5) is 0 Å². The van der Waals surface area contributed by atoms with E-state index in [4.69, 9.17) is 5.53 Å². The van der Waals surface area contributed by atoms with E-state index in [-0.39, 0.29) is 0 Å². The number of nitrogens with zero attached hydrogens (tertiary/aromatic N) is 3. The molecule has 0 spiro atoms. The minimum absolute atomic E-state index is 0.337. The lowest BCUT2D eigenvalue weighted by Crippen LogP contribution is -2.25. The number of hydrogen-bond acceptors (Lipinski definition) is 1. The van der Waals surface area contributed by atoms with Gasteiger partial charge < -0.3 is 0 Å². The minimum atomic E-state index is 0.337. The molecule has 13 heavy (non-hydrogen) atoms. The first kappa shape index (κ1) is 8.89. The molecule has 2 saturated carbocycles. The van der Waals surface area contributed by atoms with E-state index < -0.39 is 0 Å². The van der Waals surface area contributed by atoms with Crippen molar-refractivity contribution in [2.45, 2.75) is 45.1 Å². The average Bonchev–Trinajstić information content (AvgIpc) is 2.69. The van der Waals surface area contributed by atoms with Crippen molar-refractivity contribution in [3.8, 4) is 0 Å². The van der Waals surface area contributed by atoms with E-state index in [1.54, 1.807) is 0 Å². The van der Waals surface area contributed by atoms with Crippen molar-refractivity contribution in [2.75, 3.05) is 0 Å². The highest BCUT2D eigenvalue weighted by atomic mass is 15.2. The summed E-state index contributed by atoms with van der Waals surface area (Å²) in [5.41, 5.74) is 8.50. The van der Waals surface area contributed by atoms with E-state index in [2.05, 4.69) is 16.9 Å². The maximum atomic E-state index is 8.50. The lowest BCUT2D eigenvalue weighted by atomic mass is 9.82. The molecule has 0 aromatic rings. The number of azide groups is 1. The summed E-state index contributed by atoms with van der Waals surface area (Å²) in [6.45, 7) is 2.22. The largest absolute Gasteiger partial charge is 0.0900 e. The van der Waals surface area contributed by atoms with E-state index in [0.717, 1.165) is 11.8 Å². The molecule has 4 unspecified atom stereocenters. The highest BCUT2D eigenvalue weighted by Gasteiger charge is 2.46. The third-order valence-electron chi connectivity index (χ3n) is 3.85. The fourth-order valence-electron chi connectivity index (χ4n) is 3.36. The third kappa shape index (κ3) is 1.42. The van der Waals surface area contributed by atoms with Crippen LogP contribution >= 0.6 is 0 Å². The molecule has 0 N–H and O–H groups in total. The third-order valence-corrected chi connectivity index (χ3v) is 3.85. The Morgan fingerprint density at radius 2 is 2.15 bits per heavy atom. The Hall–Kier alpha value is -0.690. The zero-order valence-electron chi connectivity index (χ0n) is 8.19. The maximum absolute atomic E-state index is 8.50. The predicted octanol–water partition coefficient (Wildman–Crippen LogP) is 3.51. The molecule has 0 aromatic heterocycles. The zero-order chi connectivity index (χ0) is 9.26. The van der Waals surface area contributed by atoms with Gasteiger partial charge in [0, 0.05) is 11.0 Å². The van der Waals surface area contributed by atoms with E-state index in [9.17, 15) is 0 Å². The van der Waals surface area contributed by atoms with Crippen LogP contribution in [0.1, 0.15) is 39.0 Å². The van der Waals surface area contributed by atoms with E-state index >= 15 is 0 Å². The molecule has 2 fully saturated rings. The summed E-state index contributed by atoms with van der Waals surface area (Å²) < 4.78 is 0. The summed E-state index contributed by atoms with van der Waals surface area (Å²) in [5, 5.41) is 3.99. The van der Waals surface area contributed by atoms with Gasteiger partial charge in [-0.2, -0.15) is 0 Å². The lowest BCUT2D eigenvalue weighted by Gasteiger charge is -2.27. The molecule has 0 heterocycles. The van der Waals surface area contributed by atoms with Crippen molar-refractivity contribution in [1.29, 1.82) is 0 Å². The smallest absolute Gasteiger partial charge is 0.0433 e. The number of rotatable bonds is 3. The molecule has 0 aromatic carbocycles. The number of fused-ring (bicyclic) bond motifs is 2. The van der Waals surface area contributed by atoms with E-state index in [1.165, 1.54) is 32.1 Å². The molecular weight excluding hydrogens is 162 g/mol. The molecule has 2 aliphatic rings. The molecule has 0 amide bonds. The second-order valence-electron chi connectivity index (χ2n) is 4.48. The van der Waals surface area contributed by atoms with Crippen LogP contribution in [0.15, 0.2) is 5.11 Å². The van der Waals surface area contributed by atoms with Crippen molar-refractivity contribution < 1.29 is 0 Å². The van der Waals surface area contributed by atoms with Crippen molar-refractivity contribution in [3.63, 3.8) is 0 Å². The van der Waals surface area contributed by atoms with Gasteiger partial charge in [-0.05, 0) is 42.5 Å². The predicted molar refractivity (Wildman–Crippen MR) is 52.2 cm³/mol. The van der Waals surface area contributed by atoms with Crippen LogP contribution in [0.5, 0.6) is 0 Å². The first-order valence-electron chi connectivity index (χ1n) is 5.41. The van der Waals surface area contributed by atoms with Crippen molar-refractivity contribution in [1.82, 2.24) is 0 Å². The summed E-state index contributed by atoms with van der Waals surface area (Å²) >= 11 is 0. The van der Waals surface area contributed by atoms with Gasteiger partial charge in [-0.3, -0.25) is 0 Å². The highest BCUT2D eigenvalue weighted by Crippen LogP contribution is 2.51. The summed E-state index contributed by atoms with van der Waals surface area (Å²) in [6, 6.07) is 0.337. The second-order valence-corrected chi connectivity index (χ2v) is 4.48. The Morgan fingerprint density at radius 3 is 2.85 bits per heavy atom. The average molecular weight is 179 g/mol. The van der Waals surface area contributed by atoms with Gasteiger partial charge in [-0.1, -0.05) is 24.9 Å². The van der Waals surface area contributed by atoms with Gasteiger partial charge in [0.2, 0.25) is 0 Å². The van der Waals surface area contributed by atoms with Gasteiger partial charge in [-0.25, -0.2) is 0 Å². The molecule has 0 saturated heterocycles. The fraction of sp³-hybridized carbons (Fsp3) is 1.00. The molecular formula is C10H17N3. The van der Waals surface area contributed by atoms with Crippen LogP contribution in [0.25, 0.3) is 10.4 Å². The van der Waals surface area contributed by atoms with Crippen molar-refractivity contribution in [3.05, 3.63) is 10.4 Å². The Bertz CT molecular complexity index is 232. The molecule has 3 nitrogen and oxygen atoms in total. The topological polar surface area (TPSA) is 48.8 Å². The zero-order valence-corrected chi connectivity index (χ0v) is 8.19. The Kier molecular flexibility index (Phi) is 2.45. The molecule has 0 radical (unpaired) electrons.